The van der Waals surface area contributed by atoms with Gasteiger partial charge in [0.05, 0.1) is 16.8 Å². The minimum Gasteiger partial charge on any atom is -0.384 e. The van der Waals surface area contributed by atoms with Crippen LogP contribution >= 0.6 is 15.9 Å². The van der Waals surface area contributed by atoms with Crippen LogP contribution in [0.5, 0.6) is 0 Å². The van der Waals surface area contributed by atoms with Gasteiger partial charge in [-0.1, -0.05) is 0 Å². The summed E-state index contributed by atoms with van der Waals surface area (Å²) in [5.41, 5.74) is 6.36. The number of nitrogens with one attached hydrogen (secondary N) is 1. The molecule has 5 heteroatoms. The quantitative estimate of drug-likeness (QED) is 0.742. The van der Waals surface area contributed by atoms with Crippen LogP contribution in [-0.4, -0.2) is 31.3 Å². The van der Waals surface area contributed by atoms with Crippen LogP contribution in [0.15, 0.2) is 22.9 Å². The summed E-state index contributed by atoms with van der Waals surface area (Å²) in [5.74, 6) is 0. The fourth-order valence-electron chi connectivity index (χ4n) is 1.10. The first-order valence-corrected chi connectivity index (χ1v) is 5.75. The monoisotopic (exact) mass is 273 g/mol. The lowest BCUT2D eigenvalue weighted by atomic mass is 10.4. The number of ether oxygens (including phenoxy) is 1. The Morgan fingerprint density at radius 2 is 2.33 bits per heavy atom. The molecule has 0 aliphatic carbocycles. The van der Waals surface area contributed by atoms with Crippen LogP contribution in [0.2, 0.25) is 0 Å². The molecule has 0 amide bonds. The largest absolute Gasteiger partial charge is 0.384 e. The third-order valence-corrected chi connectivity index (χ3v) is 2.45. The lowest BCUT2D eigenvalue weighted by molar-refractivity contribution is 0.141. The van der Waals surface area contributed by atoms with Gasteiger partial charge in [-0.3, -0.25) is 4.98 Å². The van der Waals surface area contributed by atoms with E-state index in [1.54, 1.807) is 12.4 Å². The SMILES string of the molecule is NCCOCCCNc1ccncc1Br. The van der Waals surface area contributed by atoms with Crippen LogP contribution in [0.3, 0.4) is 0 Å². The highest BCUT2D eigenvalue weighted by molar-refractivity contribution is 9.10. The molecular weight excluding hydrogens is 258 g/mol. The molecule has 0 radical (unpaired) electrons. The van der Waals surface area contributed by atoms with Gasteiger partial charge < -0.3 is 15.8 Å². The number of nitrogens with two attached hydrogens (primary N) is 1. The van der Waals surface area contributed by atoms with Gasteiger partial charge in [0.25, 0.3) is 0 Å². The summed E-state index contributed by atoms with van der Waals surface area (Å²) in [5, 5.41) is 3.29. The topological polar surface area (TPSA) is 60.2 Å². The highest BCUT2D eigenvalue weighted by atomic mass is 79.9. The molecule has 0 aromatic carbocycles. The zero-order valence-electron chi connectivity index (χ0n) is 8.58. The minimum absolute atomic E-state index is 0.587. The Labute approximate surface area is 98.3 Å². The van der Waals surface area contributed by atoms with Crippen LogP contribution in [0, 0.1) is 0 Å². The number of pyridine rings is 1. The molecule has 0 aliphatic heterocycles. The maximum atomic E-state index is 5.30. The summed E-state index contributed by atoms with van der Waals surface area (Å²) < 4.78 is 6.24. The second-order valence-electron chi connectivity index (χ2n) is 3.04. The predicted octanol–water partition coefficient (Wildman–Crippen LogP) is 1.62. The first kappa shape index (κ1) is 12.4. The lowest BCUT2D eigenvalue weighted by Gasteiger charge is -2.07. The molecule has 1 rings (SSSR count). The highest BCUT2D eigenvalue weighted by Crippen LogP contribution is 2.19. The van der Waals surface area contributed by atoms with Gasteiger partial charge in [-0.25, -0.2) is 0 Å². The molecule has 1 aromatic heterocycles. The molecule has 15 heavy (non-hydrogen) atoms. The van der Waals surface area contributed by atoms with Gasteiger partial charge in [0.15, 0.2) is 0 Å². The zero-order valence-corrected chi connectivity index (χ0v) is 10.2. The molecule has 0 fully saturated rings. The van der Waals surface area contributed by atoms with E-state index in [9.17, 15) is 0 Å². The van der Waals surface area contributed by atoms with E-state index in [0.717, 1.165) is 29.7 Å². The van der Waals surface area contributed by atoms with Crippen molar-refractivity contribution in [1.82, 2.24) is 4.98 Å². The Morgan fingerprint density at radius 1 is 1.47 bits per heavy atom. The molecule has 4 nitrogen and oxygen atoms in total. The number of rotatable bonds is 7. The Hall–Kier alpha value is -0.650. The zero-order chi connectivity index (χ0) is 10.9. The van der Waals surface area contributed by atoms with Crippen LogP contribution < -0.4 is 11.1 Å². The van der Waals surface area contributed by atoms with Crippen LogP contribution in [-0.2, 0) is 4.74 Å². The van der Waals surface area contributed by atoms with E-state index in [1.807, 2.05) is 6.07 Å². The molecule has 84 valence electrons. The highest BCUT2D eigenvalue weighted by Gasteiger charge is 1.96. The van der Waals surface area contributed by atoms with E-state index in [0.29, 0.717) is 13.2 Å². The van der Waals surface area contributed by atoms with Crippen molar-refractivity contribution in [3.8, 4) is 0 Å². The van der Waals surface area contributed by atoms with Crippen molar-refractivity contribution in [2.24, 2.45) is 5.73 Å². The average molecular weight is 274 g/mol. The average Bonchev–Trinajstić information content (AvgIpc) is 2.25. The third kappa shape index (κ3) is 5.11. The van der Waals surface area contributed by atoms with Crippen molar-refractivity contribution in [2.45, 2.75) is 6.42 Å². The molecule has 1 aromatic rings. The molecule has 3 N–H and O–H groups in total. The van der Waals surface area contributed by atoms with Gasteiger partial charge >= 0.3 is 0 Å². The van der Waals surface area contributed by atoms with Crippen molar-refractivity contribution >= 4 is 21.6 Å². The van der Waals surface area contributed by atoms with E-state index in [-0.39, 0.29) is 0 Å². The summed E-state index contributed by atoms with van der Waals surface area (Å²) >= 11 is 3.42. The molecule has 1 heterocycles. The Balaban J connectivity index is 2.12. The standard InChI is InChI=1S/C10H16BrN3O/c11-9-8-13-5-2-10(9)14-4-1-6-15-7-3-12/h2,5,8H,1,3-4,6-7,12H2,(H,13,14). The fourth-order valence-corrected chi connectivity index (χ4v) is 1.49. The Kier molecular flexibility index (Phi) is 6.31. The fraction of sp³-hybridized carbons (Fsp3) is 0.500. The van der Waals surface area contributed by atoms with Gasteiger partial charge in [-0.15, -0.1) is 0 Å². The predicted molar refractivity (Wildman–Crippen MR) is 64.9 cm³/mol. The van der Waals surface area contributed by atoms with E-state index >= 15 is 0 Å². The van der Waals surface area contributed by atoms with Crippen LogP contribution in [0.25, 0.3) is 0 Å². The van der Waals surface area contributed by atoms with E-state index < -0.39 is 0 Å². The molecule has 0 saturated carbocycles. The van der Waals surface area contributed by atoms with Crippen molar-refractivity contribution in [1.29, 1.82) is 0 Å². The van der Waals surface area contributed by atoms with Gasteiger partial charge in [0.2, 0.25) is 0 Å². The first-order valence-electron chi connectivity index (χ1n) is 4.96. The Morgan fingerprint density at radius 3 is 3.07 bits per heavy atom. The lowest BCUT2D eigenvalue weighted by Crippen LogP contribution is -2.11. The van der Waals surface area contributed by atoms with Crippen molar-refractivity contribution < 1.29 is 4.74 Å². The number of halogens is 1. The maximum absolute atomic E-state index is 5.30. The van der Waals surface area contributed by atoms with Gasteiger partial charge in [0, 0.05) is 32.1 Å². The number of nitrogens with zero attached hydrogens (tertiary/aromatic N) is 1. The van der Waals surface area contributed by atoms with Crippen molar-refractivity contribution in [2.75, 3.05) is 31.6 Å². The van der Waals surface area contributed by atoms with Crippen molar-refractivity contribution in [3.63, 3.8) is 0 Å². The molecule has 0 saturated heterocycles. The summed E-state index contributed by atoms with van der Waals surface area (Å²) in [6, 6.07) is 1.94. The Bertz CT molecular complexity index is 283. The summed E-state index contributed by atoms with van der Waals surface area (Å²) in [6.45, 7) is 2.85. The van der Waals surface area contributed by atoms with E-state index in [1.165, 1.54) is 0 Å². The molecular formula is C10H16BrN3O. The van der Waals surface area contributed by atoms with Crippen LogP contribution in [0.1, 0.15) is 6.42 Å². The van der Waals surface area contributed by atoms with Gasteiger partial charge in [-0.2, -0.15) is 0 Å². The molecule has 0 bridgehead atoms. The summed E-state index contributed by atoms with van der Waals surface area (Å²) in [7, 11) is 0. The smallest absolute Gasteiger partial charge is 0.0590 e. The molecule has 0 atom stereocenters. The number of aromatic nitrogens is 1. The normalized spacial score (nSPS) is 10.3. The molecule has 0 spiro atoms. The number of hydrogen-bond donors (Lipinski definition) is 2. The van der Waals surface area contributed by atoms with Crippen LogP contribution in [0.4, 0.5) is 5.69 Å². The summed E-state index contributed by atoms with van der Waals surface area (Å²) in [6.07, 6.45) is 4.50. The summed E-state index contributed by atoms with van der Waals surface area (Å²) in [4.78, 5) is 3.99. The second kappa shape index (κ2) is 7.62. The van der Waals surface area contributed by atoms with E-state index in [4.69, 9.17) is 10.5 Å². The van der Waals surface area contributed by atoms with E-state index in [2.05, 4.69) is 26.2 Å². The van der Waals surface area contributed by atoms with Gasteiger partial charge in [0.1, 0.15) is 0 Å². The number of anilines is 1. The second-order valence-corrected chi connectivity index (χ2v) is 3.89. The third-order valence-electron chi connectivity index (χ3n) is 1.82. The molecule has 0 unspecified atom stereocenters. The maximum Gasteiger partial charge on any atom is 0.0590 e. The minimum atomic E-state index is 0.587. The molecule has 0 aliphatic rings. The number of hydrogen-bond acceptors (Lipinski definition) is 4. The van der Waals surface area contributed by atoms with Gasteiger partial charge in [-0.05, 0) is 28.4 Å². The van der Waals surface area contributed by atoms with Crippen molar-refractivity contribution in [3.05, 3.63) is 22.9 Å². The first-order chi connectivity index (χ1) is 7.34.